The highest BCUT2D eigenvalue weighted by Gasteiger charge is 2.22. The predicted octanol–water partition coefficient (Wildman–Crippen LogP) is 4.29. The number of fused-ring (bicyclic) bond motifs is 1. The van der Waals surface area contributed by atoms with Gasteiger partial charge in [-0.3, -0.25) is 14.4 Å². The van der Waals surface area contributed by atoms with Crippen molar-refractivity contribution in [3.8, 4) is 0 Å². The normalized spacial score (nSPS) is 10.7. The van der Waals surface area contributed by atoms with Gasteiger partial charge in [-0.05, 0) is 42.8 Å². The molecular formula is C20H16ClNO5. The fourth-order valence-electron chi connectivity index (χ4n) is 2.83. The lowest BCUT2D eigenvalue weighted by atomic mass is 10.0. The summed E-state index contributed by atoms with van der Waals surface area (Å²) >= 11 is 5.87. The topological polar surface area (TPSA) is 96.6 Å². The number of carboxylic acid groups (broad SMARTS) is 1. The number of hydrogen-bond donors (Lipinski definition) is 2. The van der Waals surface area contributed by atoms with Crippen molar-refractivity contribution >= 4 is 45.9 Å². The summed E-state index contributed by atoms with van der Waals surface area (Å²) in [5.41, 5.74) is 1.84. The Morgan fingerprint density at radius 3 is 2.44 bits per heavy atom. The molecule has 0 radical (unpaired) electrons. The van der Waals surface area contributed by atoms with E-state index in [0.29, 0.717) is 32.8 Å². The van der Waals surface area contributed by atoms with Gasteiger partial charge in [0, 0.05) is 46.6 Å². The summed E-state index contributed by atoms with van der Waals surface area (Å²) in [6.07, 6.45) is 0.0134. The summed E-state index contributed by atoms with van der Waals surface area (Å²) in [5, 5.41) is 12.8. The van der Waals surface area contributed by atoms with Crippen molar-refractivity contribution in [1.82, 2.24) is 0 Å². The Balaban J connectivity index is 2.09. The van der Waals surface area contributed by atoms with Crippen molar-refractivity contribution in [2.75, 3.05) is 5.32 Å². The van der Waals surface area contributed by atoms with Crippen molar-refractivity contribution in [1.29, 1.82) is 0 Å². The van der Waals surface area contributed by atoms with Gasteiger partial charge in [-0.25, -0.2) is 0 Å². The molecule has 0 aliphatic carbocycles. The Bertz CT molecular complexity index is 1040. The number of ketones is 1. The van der Waals surface area contributed by atoms with Gasteiger partial charge in [0.15, 0.2) is 5.76 Å². The summed E-state index contributed by atoms with van der Waals surface area (Å²) < 4.78 is 5.77. The van der Waals surface area contributed by atoms with Crippen molar-refractivity contribution in [3.05, 3.63) is 64.4 Å². The van der Waals surface area contributed by atoms with Crippen LogP contribution < -0.4 is 5.32 Å². The van der Waals surface area contributed by atoms with Gasteiger partial charge in [0.1, 0.15) is 5.58 Å². The maximum absolute atomic E-state index is 12.9. The molecule has 0 aliphatic rings. The van der Waals surface area contributed by atoms with E-state index in [2.05, 4.69) is 5.32 Å². The lowest BCUT2D eigenvalue weighted by molar-refractivity contribution is -0.137. The summed E-state index contributed by atoms with van der Waals surface area (Å²) in [6.45, 7) is 1.39. The standard InChI is InChI=1S/C20H16ClNO5/c1-11(23)22-14-6-7-15-16(8-9-18(24)25)20(27-17(15)10-14)19(26)12-2-4-13(21)5-3-12/h2-7,10H,8-9H2,1H3,(H,22,23)(H,24,25). The van der Waals surface area contributed by atoms with Crippen molar-refractivity contribution in [2.24, 2.45) is 0 Å². The third-order valence-electron chi connectivity index (χ3n) is 4.01. The molecule has 0 fully saturated rings. The van der Waals surface area contributed by atoms with E-state index in [-0.39, 0.29) is 30.3 Å². The van der Waals surface area contributed by atoms with E-state index < -0.39 is 5.97 Å². The average Bonchev–Trinajstić information content (AvgIpc) is 2.97. The van der Waals surface area contributed by atoms with Gasteiger partial charge >= 0.3 is 5.97 Å². The summed E-state index contributed by atoms with van der Waals surface area (Å²) in [5.74, 6) is -1.47. The second-order valence-electron chi connectivity index (χ2n) is 6.03. The lowest BCUT2D eigenvalue weighted by Crippen LogP contribution is -2.05. The maximum atomic E-state index is 12.9. The van der Waals surface area contributed by atoms with Gasteiger partial charge in [0.05, 0.1) is 0 Å². The van der Waals surface area contributed by atoms with Crippen LogP contribution in [0.15, 0.2) is 46.9 Å². The molecule has 0 spiro atoms. The lowest BCUT2D eigenvalue weighted by Gasteiger charge is -2.03. The summed E-state index contributed by atoms with van der Waals surface area (Å²) in [6, 6.07) is 11.4. The number of hydrogen-bond acceptors (Lipinski definition) is 4. The van der Waals surface area contributed by atoms with E-state index in [1.807, 2.05) is 0 Å². The zero-order valence-electron chi connectivity index (χ0n) is 14.4. The molecule has 1 amide bonds. The average molecular weight is 386 g/mol. The minimum Gasteiger partial charge on any atom is -0.481 e. The monoisotopic (exact) mass is 385 g/mol. The third kappa shape index (κ3) is 4.17. The number of aliphatic carboxylic acids is 1. The minimum atomic E-state index is -0.968. The molecule has 6 nitrogen and oxygen atoms in total. The Hall–Kier alpha value is -3.12. The SMILES string of the molecule is CC(=O)Nc1ccc2c(CCC(=O)O)c(C(=O)c3ccc(Cl)cc3)oc2c1. The fraction of sp³-hybridized carbons (Fsp3) is 0.150. The van der Waals surface area contributed by atoms with Crippen LogP contribution >= 0.6 is 11.6 Å². The van der Waals surface area contributed by atoms with Crippen LogP contribution in [0.2, 0.25) is 5.02 Å². The number of carboxylic acids is 1. The van der Waals surface area contributed by atoms with Gasteiger partial charge in [-0.15, -0.1) is 0 Å². The zero-order valence-corrected chi connectivity index (χ0v) is 15.2. The van der Waals surface area contributed by atoms with Crippen LogP contribution in [0.4, 0.5) is 5.69 Å². The van der Waals surface area contributed by atoms with E-state index in [1.165, 1.54) is 6.92 Å². The number of carbonyl (C=O) groups excluding carboxylic acids is 2. The van der Waals surface area contributed by atoms with Gasteiger partial charge in [0.25, 0.3) is 0 Å². The first-order chi connectivity index (χ1) is 12.8. The second kappa shape index (κ2) is 7.63. The molecule has 3 aromatic rings. The predicted molar refractivity (Wildman–Crippen MR) is 101 cm³/mol. The van der Waals surface area contributed by atoms with E-state index in [1.54, 1.807) is 42.5 Å². The van der Waals surface area contributed by atoms with Crippen LogP contribution in [0.3, 0.4) is 0 Å². The molecule has 0 atom stereocenters. The molecule has 2 aromatic carbocycles. The van der Waals surface area contributed by atoms with E-state index in [4.69, 9.17) is 21.1 Å². The Morgan fingerprint density at radius 1 is 1.11 bits per heavy atom. The molecule has 0 bridgehead atoms. The highest BCUT2D eigenvalue weighted by Crippen LogP contribution is 2.31. The smallest absolute Gasteiger partial charge is 0.303 e. The number of anilines is 1. The van der Waals surface area contributed by atoms with Gasteiger partial charge in [-0.2, -0.15) is 0 Å². The number of halogens is 1. The van der Waals surface area contributed by atoms with Gasteiger partial charge in [-0.1, -0.05) is 11.6 Å². The first-order valence-electron chi connectivity index (χ1n) is 8.20. The van der Waals surface area contributed by atoms with Crippen LogP contribution in [0.1, 0.15) is 35.0 Å². The maximum Gasteiger partial charge on any atom is 0.303 e. The number of carbonyl (C=O) groups is 3. The fourth-order valence-corrected chi connectivity index (χ4v) is 2.95. The van der Waals surface area contributed by atoms with E-state index in [9.17, 15) is 14.4 Å². The molecule has 0 saturated carbocycles. The molecule has 0 aliphatic heterocycles. The van der Waals surface area contributed by atoms with E-state index >= 15 is 0 Å². The molecule has 0 unspecified atom stereocenters. The van der Waals surface area contributed by atoms with Crippen LogP contribution in [0.5, 0.6) is 0 Å². The van der Waals surface area contributed by atoms with Gasteiger partial charge < -0.3 is 14.8 Å². The molecular weight excluding hydrogens is 370 g/mol. The first-order valence-corrected chi connectivity index (χ1v) is 8.58. The van der Waals surface area contributed by atoms with Crippen LogP contribution in [-0.4, -0.2) is 22.8 Å². The molecule has 138 valence electrons. The summed E-state index contributed by atoms with van der Waals surface area (Å²) in [4.78, 5) is 35.2. The minimum absolute atomic E-state index is 0.0912. The Kier molecular flexibility index (Phi) is 5.28. The molecule has 2 N–H and O–H groups in total. The van der Waals surface area contributed by atoms with Crippen molar-refractivity contribution < 1.29 is 23.9 Å². The molecule has 7 heteroatoms. The van der Waals surface area contributed by atoms with Gasteiger partial charge in [0.2, 0.25) is 11.7 Å². The van der Waals surface area contributed by atoms with Crippen LogP contribution in [0.25, 0.3) is 11.0 Å². The first kappa shape index (κ1) is 18.7. The Labute approximate surface area is 159 Å². The van der Waals surface area contributed by atoms with Crippen molar-refractivity contribution in [3.63, 3.8) is 0 Å². The summed E-state index contributed by atoms with van der Waals surface area (Å²) in [7, 11) is 0. The zero-order chi connectivity index (χ0) is 19.6. The molecule has 27 heavy (non-hydrogen) atoms. The van der Waals surface area contributed by atoms with Crippen LogP contribution in [-0.2, 0) is 16.0 Å². The molecule has 0 saturated heterocycles. The van der Waals surface area contributed by atoms with Crippen molar-refractivity contribution in [2.45, 2.75) is 19.8 Å². The number of furan rings is 1. The number of aryl methyl sites for hydroxylation is 1. The molecule has 1 heterocycles. The highest BCUT2D eigenvalue weighted by molar-refractivity contribution is 6.30. The highest BCUT2D eigenvalue weighted by atomic mass is 35.5. The number of nitrogens with one attached hydrogen (secondary N) is 1. The molecule has 3 rings (SSSR count). The number of benzene rings is 2. The van der Waals surface area contributed by atoms with Crippen LogP contribution in [0, 0.1) is 0 Å². The van der Waals surface area contributed by atoms with E-state index in [0.717, 1.165) is 0 Å². The molecule has 1 aromatic heterocycles. The number of rotatable bonds is 6. The second-order valence-corrected chi connectivity index (χ2v) is 6.47. The number of amides is 1. The quantitative estimate of drug-likeness (QED) is 0.617. The largest absolute Gasteiger partial charge is 0.481 e. The third-order valence-corrected chi connectivity index (χ3v) is 4.27. The Morgan fingerprint density at radius 2 is 1.81 bits per heavy atom.